The predicted octanol–water partition coefficient (Wildman–Crippen LogP) is 4.62. The number of para-hydroxylation sites is 1. The molecule has 5 rings (SSSR count). The minimum Gasteiger partial charge on any atom is -0.373 e. The molecule has 0 atom stereocenters. The minimum atomic E-state index is 0.634. The van der Waals surface area contributed by atoms with Gasteiger partial charge in [-0.3, -0.25) is 15.0 Å². The van der Waals surface area contributed by atoms with Gasteiger partial charge >= 0.3 is 0 Å². The molecule has 5 aromatic rings. The van der Waals surface area contributed by atoms with Crippen LogP contribution in [0.4, 0.5) is 5.69 Å². The Labute approximate surface area is 199 Å². The highest BCUT2D eigenvalue weighted by atomic mass is 15.1. The van der Waals surface area contributed by atoms with Gasteiger partial charge in [0.2, 0.25) is 0 Å². The Kier molecular flexibility index (Phi) is 6.27. The van der Waals surface area contributed by atoms with E-state index < -0.39 is 0 Å². The Morgan fingerprint density at radius 3 is 2.53 bits per heavy atom. The van der Waals surface area contributed by atoms with Gasteiger partial charge in [-0.2, -0.15) is 0 Å². The van der Waals surface area contributed by atoms with Gasteiger partial charge in [0.1, 0.15) is 11.5 Å². The van der Waals surface area contributed by atoms with Gasteiger partial charge in [-0.05, 0) is 43.3 Å². The zero-order valence-electron chi connectivity index (χ0n) is 19.4. The van der Waals surface area contributed by atoms with Gasteiger partial charge in [0.15, 0.2) is 0 Å². The monoisotopic (exact) mass is 449 g/mol. The number of pyridine rings is 1. The summed E-state index contributed by atoms with van der Waals surface area (Å²) in [5, 5.41) is 3.51. The van der Waals surface area contributed by atoms with Gasteiger partial charge in [-0.25, -0.2) is 4.98 Å². The van der Waals surface area contributed by atoms with Crippen LogP contribution in [0.3, 0.4) is 0 Å². The van der Waals surface area contributed by atoms with Crippen molar-refractivity contribution in [3.63, 3.8) is 0 Å². The van der Waals surface area contributed by atoms with Crippen molar-refractivity contribution in [3.05, 3.63) is 90.6 Å². The Morgan fingerprint density at radius 2 is 1.71 bits per heavy atom. The van der Waals surface area contributed by atoms with E-state index in [0.29, 0.717) is 6.54 Å². The van der Waals surface area contributed by atoms with Crippen LogP contribution in [0.1, 0.15) is 11.5 Å². The number of benzene rings is 2. The second kappa shape index (κ2) is 9.80. The van der Waals surface area contributed by atoms with Crippen LogP contribution >= 0.6 is 0 Å². The van der Waals surface area contributed by atoms with Gasteiger partial charge in [0.25, 0.3) is 0 Å². The summed E-state index contributed by atoms with van der Waals surface area (Å²) in [4.78, 5) is 24.3. The average Bonchev–Trinajstić information content (AvgIpc) is 3.31. The lowest BCUT2D eigenvalue weighted by atomic mass is 10.1. The van der Waals surface area contributed by atoms with Gasteiger partial charge in [0.05, 0.1) is 29.0 Å². The first-order valence-electron chi connectivity index (χ1n) is 11.4. The molecule has 34 heavy (non-hydrogen) atoms. The van der Waals surface area contributed by atoms with E-state index in [1.165, 1.54) is 5.69 Å². The number of imidazole rings is 1. The average molecular weight is 450 g/mol. The summed E-state index contributed by atoms with van der Waals surface area (Å²) in [7, 11) is 2.10. The summed E-state index contributed by atoms with van der Waals surface area (Å²) >= 11 is 0. The van der Waals surface area contributed by atoms with E-state index >= 15 is 0 Å². The van der Waals surface area contributed by atoms with E-state index in [1.807, 2.05) is 43.3 Å². The summed E-state index contributed by atoms with van der Waals surface area (Å²) in [6.07, 6.45) is 3.42. The van der Waals surface area contributed by atoms with Gasteiger partial charge < -0.3 is 15.2 Å². The highest BCUT2D eigenvalue weighted by molar-refractivity contribution is 5.84. The lowest BCUT2D eigenvalue weighted by Crippen LogP contribution is -2.29. The Balaban J connectivity index is 1.38. The first kappa shape index (κ1) is 21.7. The molecule has 0 aliphatic carbocycles. The number of H-pyrrole nitrogens is 1. The molecule has 2 aromatic carbocycles. The third kappa shape index (κ3) is 4.79. The van der Waals surface area contributed by atoms with E-state index in [0.717, 1.165) is 58.3 Å². The fraction of sp³-hybridized carbons (Fsp3) is 0.185. The number of likely N-dealkylation sites (N-methyl/N-ethyl adjacent to an activating group) is 1. The van der Waals surface area contributed by atoms with Crippen LogP contribution < -0.4 is 10.2 Å². The Hall–Kier alpha value is -4.10. The molecule has 0 saturated carbocycles. The second-order valence-electron chi connectivity index (χ2n) is 8.27. The smallest absolute Gasteiger partial charge is 0.121 e. The fourth-order valence-corrected chi connectivity index (χ4v) is 3.96. The van der Waals surface area contributed by atoms with Gasteiger partial charge in [-0.1, -0.05) is 30.3 Å². The van der Waals surface area contributed by atoms with Crippen molar-refractivity contribution in [1.82, 2.24) is 30.2 Å². The summed E-state index contributed by atoms with van der Waals surface area (Å²) in [5.74, 6) is 0.870. The number of rotatable bonds is 8. The first-order valence-corrected chi connectivity index (χ1v) is 11.4. The highest BCUT2D eigenvalue weighted by Gasteiger charge is 2.16. The maximum atomic E-state index is 4.92. The van der Waals surface area contributed by atoms with Crippen LogP contribution in [0.15, 0.2) is 79.1 Å². The molecule has 0 saturated heterocycles. The summed E-state index contributed by atoms with van der Waals surface area (Å²) in [5.41, 5.74) is 7.51. The molecule has 2 N–H and O–H groups in total. The maximum Gasteiger partial charge on any atom is 0.121 e. The molecule has 7 nitrogen and oxygen atoms in total. The van der Waals surface area contributed by atoms with Crippen molar-refractivity contribution in [2.45, 2.75) is 13.5 Å². The highest BCUT2D eigenvalue weighted by Crippen LogP contribution is 2.30. The number of nitrogens with zero attached hydrogens (tertiary/aromatic N) is 5. The number of hydrogen-bond donors (Lipinski definition) is 2. The van der Waals surface area contributed by atoms with Crippen LogP contribution in [0.5, 0.6) is 0 Å². The standard InChI is InChI=1S/C27H27N7/c1-19-7-6-10-23(31-19)27-26(20-11-12-22-24(17-20)30-14-13-29-22)32-25(33-27)18-28-15-16-34(2)21-8-4-3-5-9-21/h3-14,17,28H,15-16,18H2,1-2H3,(H,32,33). The number of aryl methyl sites for hydroxylation is 1. The van der Waals surface area contributed by atoms with Crippen molar-refractivity contribution in [3.8, 4) is 22.6 Å². The normalized spacial score (nSPS) is 11.1. The number of hydrogen-bond acceptors (Lipinski definition) is 6. The van der Waals surface area contributed by atoms with Crippen LogP contribution in [-0.4, -0.2) is 45.1 Å². The zero-order valence-corrected chi connectivity index (χ0v) is 19.4. The largest absolute Gasteiger partial charge is 0.373 e. The molecular formula is C27H27N7. The minimum absolute atomic E-state index is 0.634. The van der Waals surface area contributed by atoms with E-state index in [9.17, 15) is 0 Å². The van der Waals surface area contributed by atoms with Crippen LogP contribution in [-0.2, 0) is 6.54 Å². The van der Waals surface area contributed by atoms with E-state index in [1.54, 1.807) is 12.4 Å². The van der Waals surface area contributed by atoms with Gasteiger partial charge in [-0.15, -0.1) is 0 Å². The van der Waals surface area contributed by atoms with Crippen LogP contribution in [0.2, 0.25) is 0 Å². The number of aromatic amines is 1. The SMILES string of the molecule is Cc1cccc(-c2nc(CNCCN(C)c3ccccc3)[nH]c2-c2ccc3nccnc3c2)n1. The molecule has 3 aromatic heterocycles. The van der Waals surface area contributed by atoms with E-state index in [2.05, 4.69) is 62.5 Å². The maximum absolute atomic E-state index is 4.92. The van der Waals surface area contributed by atoms with Crippen molar-refractivity contribution < 1.29 is 0 Å². The molecule has 3 heterocycles. The molecule has 0 amide bonds. The van der Waals surface area contributed by atoms with Crippen LogP contribution in [0.25, 0.3) is 33.7 Å². The first-order chi connectivity index (χ1) is 16.7. The van der Waals surface area contributed by atoms with Gasteiger partial charge in [0, 0.05) is 49.5 Å². The Bertz CT molecular complexity index is 1390. The predicted molar refractivity (Wildman–Crippen MR) is 137 cm³/mol. The molecule has 0 aliphatic rings. The molecule has 0 spiro atoms. The lowest BCUT2D eigenvalue weighted by Gasteiger charge is -2.19. The van der Waals surface area contributed by atoms with E-state index in [4.69, 9.17) is 9.97 Å². The number of anilines is 1. The number of aromatic nitrogens is 5. The topological polar surface area (TPSA) is 82.6 Å². The molecule has 0 fully saturated rings. The molecule has 0 bridgehead atoms. The second-order valence-corrected chi connectivity index (χ2v) is 8.27. The zero-order chi connectivity index (χ0) is 23.3. The molecule has 0 radical (unpaired) electrons. The third-order valence-electron chi connectivity index (χ3n) is 5.76. The van der Waals surface area contributed by atoms with Crippen molar-refractivity contribution in [1.29, 1.82) is 0 Å². The fourth-order valence-electron chi connectivity index (χ4n) is 3.96. The summed E-state index contributed by atoms with van der Waals surface area (Å²) in [6, 6.07) is 22.5. The lowest BCUT2D eigenvalue weighted by molar-refractivity contribution is 0.660. The van der Waals surface area contributed by atoms with Crippen molar-refractivity contribution in [2.24, 2.45) is 0 Å². The quantitative estimate of drug-likeness (QED) is 0.337. The molecule has 0 aliphatic heterocycles. The third-order valence-corrected chi connectivity index (χ3v) is 5.76. The summed E-state index contributed by atoms with van der Waals surface area (Å²) < 4.78 is 0. The van der Waals surface area contributed by atoms with Crippen LogP contribution in [0, 0.1) is 6.92 Å². The molecular weight excluding hydrogens is 422 g/mol. The molecule has 170 valence electrons. The van der Waals surface area contributed by atoms with Crippen molar-refractivity contribution >= 4 is 16.7 Å². The molecule has 0 unspecified atom stereocenters. The van der Waals surface area contributed by atoms with E-state index in [-0.39, 0.29) is 0 Å². The molecule has 7 heteroatoms. The Morgan fingerprint density at radius 1 is 0.882 bits per heavy atom. The number of nitrogens with one attached hydrogen (secondary N) is 2. The van der Waals surface area contributed by atoms with Crippen molar-refractivity contribution in [2.75, 3.05) is 25.0 Å². The number of fused-ring (bicyclic) bond motifs is 1. The summed E-state index contributed by atoms with van der Waals surface area (Å²) in [6.45, 7) is 4.36.